The fourth-order valence-electron chi connectivity index (χ4n) is 2.46. The highest BCUT2D eigenvalue weighted by Gasteiger charge is 2.17. The number of fused-ring (bicyclic) bond motifs is 1. The van der Waals surface area contributed by atoms with Gasteiger partial charge in [0.1, 0.15) is 0 Å². The normalized spacial score (nSPS) is 14.5. The molecule has 0 unspecified atom stereocenters. The minimum absolute atomic E-state index is 0.168. The zero-order valence-corrected chi connectivity index (χ0v) is 12.3. The number of halogens is 1. The number of nitrogens with zero attached hydrogens (tertiary/aromatic N) is 2. The van der Waals surface area contributed by atoms with Gasteiger partial charge in [0, 0.05) is 27.3 Å². The van der Waals surface area contributed by atoms with Crippen molar-refractivity contribution in [2.45, 2.75) is 32.2 Å². The van der Waals surface area contributed by atoms with Crippen molar-refractivity contribution in [2.75, 3.05) is 0 Å². The highest BCUT2D eigenvalue weighted by atomic mass is 79.9. The number of hydrogen-bond acceptors (Lipinski definition) is 3. The van der Waals surface area contributed by atoms with Crippen LogP contribution in [0.25, 0.3) is 0 Å². The van der Waals surface area contributed by atoms with Gasteiger partial charge in [0.15, 0.2) is 0 Å². The molecular weight excluding hydrogens is 312 g/mol. The Kier molecular flexibility index (Phi) is 3.35. The van der Waals surface area contributed by atoms with E-state index in [1.807, 2.05) is 12.3 Å². The SMILES string of the molecule is O=c1c2c(c(Br)cn1Cc1ccns1)CCCC2. The Labute approximate surface area is 118 Å². The molecule has 3 nitrogen and oxygen atoms in total. The van der Waals surface area contributed by atoms with Crippen molar-refractivity contribution >= 4 is 27.5 Å². The van der Waals surface area contributed by atoms with Gasteiger partial charge >= 0.3 is 0 Å². The van der Waals surface area contributed by atoms with Gasteiger partial charge in [0.2, 0.25) is 0 Å². The van der Waals surface area contributed by atoms with Gasteiger partial charge < -0.3 is 4.57 Å². The van der Waals surface area contributed by atoms with Gasteiger partial charge in [-0.2, -0.15) is 0 Å². The first kappa shape index (κ1) is 12.1. The van der Waals surface area contributed by atoms with Crippen molar-refractivity contribution in [3.05, 3.63) is 49.3 Å². The lowest BCUT2D eigenvalue weighted by atomic mass is 9.93. The molecule has 0 bridgehead atoms. The Hall–Kier alpha value is -0.940. The number of pyridine rings is 1. The Balaban J connectivity index is 2.05. The molecule has 0 saturated heterocycles. The molecule has 2 aromatic heterocycles. The zero-order valence-electron chi connectivity index (χ0n) is 9.86. The van der Waals surface area contributed by atoms with Crippen LogP contribution in [0.5, 0.6) is 0 Å². The second kappa shape index (κ2) is 4.97. The lowest BCUT2D eigenvalue weighted by Crippen LogP contribution is -2.27. The van der Waals surface area contributed by atoms with Crippen LogP contribution in [0, 0.1) is 0 Å². The summed E-state index contributed by atoms with van der Waals surface area (Å²) in [5.74, 6) is 0. The molecular formula is C13H13BrN2OS. The van der Waals surface area contributed by atoms with Gasteiger partial charge in [-0.15, -0.1) is 0 Å². The van der Waals surface area contributed by atoms with Gasteiger partial charge in [0.05, 0.1) is 6.54 Å². The maximum absolute atomic E-state index is 12.4. The second-order valence-corrected chi connectivity index (χ2v) is 6.33. The quantitative estimate of drug-likeness (QED) is 0.851. The van der Waals surface area contributed by atoms with Crippen LogP contribution in [0.3, 0.4) is 0 Å². The van der Waals surface area contributed by atoms with Crippen molar-refractivity contribution in [2.24, 2.45) is 0 Å². The molecule has 0 fully saturated rings. The Morgan fingerprint density at radius 2 is 2.11 bits per heavy atom. The first-order chi connectivity index (χ1) is 8.75. The minimum Gasteiger partial charge on any atom is -0.309 e. The molecule has 0 atom stereocenters. The molecule has 1 aliphatic rings. The molecule has 0 amide bonds. The standard InChI is InChI=1S/C13H13BrN2OS/c14-12-8-16(7-9-5-6-15-18-9)13(17)11-4-2-1-3-10(11)12/h5-6,8H,1-4,7H2. The molecule has 2 aromatic rings. The fourth-order valence-corrected chi connectivity index (χ4v) is 3.72. The first-order valence-corrected chi connectivity index (χ1v) is 7.62. The van der Waals surface area contributed by atoms with Gasteiger partial charge in [-0.1, -0.05) is 0 Å². The molecule has 0 spiro atoms. The molecule has 0 radical (unpaired) electrons. The summed E-state index contributed by atoms with van der Waals surface area (Å²) in [6.07, 6.45) is 7.94. The van der Waals surface area contributed by atoms with E-state index in [4.69, 9.17) is 0 Å². The van der Waals surface area contributed by atoms with Gasteiger partial charge in [-0.3, -0.25) is 4.79 Å². The van der Waals surface area contributed by atoms with Crippen molar-refractivity contribution < 1.29 is 0 Å². The van der Waals surface area contributed by atoms with Crippen LogP contribution in [0.4, 0.5) is 0 Å². The summed E-state index contributed by atoms with van der Waals surface area (Å²) in [4.78, 5) is 13.5. The monoisotopic (exact) mass is 324 g/mol. The third kappa shape index (κ3) is 2.17. The molecule has 3 rings (SSSR count). The number of hydrogen-bond donors (Lipinski definition) is 0. The zero-order chi connectivity index (χ0) is 12.5. The summed E-state index contributed by atoms with van der Waals surface area (Å²) in [7, 11) is 0. The predicted molar refractivity (Wildman–Crippen MR) is 76.3 cm³/mol. The summed E-state index contributed by atoms with van der Waals surface area (Å²) >= 11 is 5.04. The van der Waals surface area contributed by atoms with Crippen LogP contribution in [0.2, 0.25) is 0 Å². The topological polar surface area (TPSA) is 34.9 Å². The summed E-state index contributed by atoms with van der Waals surface area (Å²) in [6.45, 7) is 0.620. The first-order valence-electron chi connectivity index (χ1n) is 6.06. The number of aromatic nitrogens is 2. The van der Waals surface area contributed by atoms with E-state index in [0.29, 0.717) is 6.54 Å². The summed E-state index contributed by atoms with van der Waals surface area (Å²) in [6, 6.07) is 1.96. The molecule has 2 heterocycles. The average molecular weight is 325 g/mol. The molecule has 0 aromatic carbocycles. The number of rotatable bonds is 2. The van der Waals surface area contributed by atoms with Crippen molar-refractivity contribution in [1.82, 2.24) is 8.94 Å². The van der Waals surface area contributed by atoms with E-state index in [2.05, 4.69) is 20.3 Å². The summed E-state index contributed by atoms with van der Waals surface area (Å²) in [5.41, 5.74) is 2.38. The third-order valence-corrected chi connectivity index (χ3v) is 4.77. The highest BCUT2D eigenvalue weighted by Crippen LogP contribution is 2.25. The van der Waals surface area contributed by atoms with E-state index in [1.54, 1.807) is 10.8 Å². The van der Waals surface area contributed by atoms with Gasteiger partial charge in [-0.05, 0) is 64.8 Å². The molecule has 1 aliphatic carbocycles. The summed E-state index contributed by atoms with van der Waals surface area (Å²) in [5, 5.41) is 0. The van der Waals surface area contributed by atoms with E-state index in [0.717, 1.165) is 34.2 Å². The van der Waals surface area contributed by atoms with Crippen molar-refractivity contribution in [3.63, 3.8) is 0 Å². The largest absolute Gasteiger partial charge is 0.309 e. The minimum atomic E-state index is 0.168. The predicted octanol–water partition coefficient (Wildman–Crippen LogP) is 2.99. The van der Waals surface area contributed by atoms with Crippen LogP contribution in [0.1, 0.15) is 28.8 Å². The smallest absolute Gasteiger partial charge is 0.254 e. The van der Waals surface area contributed by atoms with E-state index in [-0.39, 0.29) is 5.56 Å². The molecule has 0 N–H and O–H groups in total. The van der Waals surface area contributed by atoms with Gasteiger partial charge in [0.25, 0.3) is 5.56 Å². The lowest BCUT2D eigenvalue weighted by molar-refractivity contribution is 0.648. The average Bonchev–Trinajstić information content (AvgIpc) is 2.89. The maximum atomic E-state index is 12.4. The Morgan fingerprint density at radius 1 is 1.33 bits per heavy atom. The van der Waals surface area contributed by atoms with E-state index < -0.39 is 0 Å². The second-order valence-electron chi connectivity index (χ2n) is 4.55. The fraction of sp³-hybridized carbons (Fsp3) is 0.385. The van der Waals surface area contributed by atoms with Crippen LogP contribution in [-0.4, -0.2) is 8.94 Å². The van der Waals surface area contributed by atoms with Crippen LogP contribution >= 0.6 is 27.5 Å². The molecule has 94 valence electrons. The van der Waals surface area contributed by atoms with E-state index in [1.165, 1.54) is 23.5 Å². The highest BCUT2D eigenvalue weighted by molar-refractivity contribution is 9.10. The van der Waals surface area contributed by atoms with Crippen molar-refractivity contribution in [3.8, 4) is 0 Å². The maximum Gasteiger partial charge on any atom is 0.254 e. The van der Waals surface area contributed by atoms with Crippen LogP contribution in [0.15, 0.2) is 27.7 Å². The molecule has 0 aliphatic heterocycles. The molecule has 18 heavy (non-hydrogen) atoms. The molecule has 0 saturated carbocycles. The van der Waals surface area contributed by atoms with Crippen LogP contribution < -0.4 is 5.56 Å². The van der Waals surface area contributed by atoms with Crippen LogP contribution in [-0.2, 0) is 19.4 Å². The Bertz CT molecular complexity index is 619. The third-order valence-electron chi connectivity index (χ3n) is 3.36. The van der Waals surface area contributed by atoms with Crippen molar-refractivity contribution in [1.29, 1.82) is 0 Å². The van der Waals surface area contributed by atoms with Gasteiger partial charge in [-0.25, -0.2) is 4.37 Å². The lowest BCUT2D eigenvalue weighted by Gasteiger charge is -2.18. The van der Waals surface area contributed by atoms with E-state index in [9.17, 15) is 4.79 Å². The molecule has 5 heteroatoms. The summed E-state index contributed by atoms with van der Waals surface area (Å²) < 4.78 is 6.94. The Morgan fingerprint density at radius 3 is 2.83 bits per heavy atom. The van der Waals surface area contributed by atoms with E-state index >= 15 is 0 Å².